The molecule has 0 aliphatic carbocycles. The van der Waals surface area contributed by atoms with Gasteiger partial charge in [-0.2, -0.15) is 0 Å². The van der Waals surface area contributed by atoms with E-state index in [2.05, 4.69) is 0 Å². The molecule has 0 fully saturated rings. The normalized spacial score (nSPS) is 12.5. The van der Waals surface area contributed by atoms with Gasteiger partial charge in [-0.1, -0.05) is 17.7 Å². The molecule has 72 valence electrons. The molecular weight excluding hydrogens is 164 g/mol. The van der Waals surface area contributed by atoms with Gasteiger partial charge in [-0.25, -0.2) is 0 Å². The van der Waals surface area contributed by atoms with Crippen LogP contribution in [0.4, 0.5) is 0 Å². The van der Waals surface area contributed by atoms with E-state index in [0.717, 1.165) is 5.75 Å². The lowest BCUT2D eigenvalue weighted by atomic mass is 10.2. The molecule has 1 aromatic rings. The van der Waals surface area contributed by atoms with E-state index in [4.69, 9.17) is 9.84 Å². The summed E-state index contributed by atoms with van der Waals surface area (Å²) in [6, 6.07) is 7.93. The first kappa shape index (κ1) is 10.1. The molecule has 1 N–H and O–H groups in total. The van der Waals surface area contributed by atoms with E-state index in [1.165, 1.54) is 5.56 Å². The first-order valence-electron chi connectivity index (χ1n) is 4.56. The summed E-state index contributed by atoms with van der Waals surface area (Å²) < 4.78 is 5.55. The molecule has 0 bridgehead atoms. The Hall–Kier alpha value is -1.02. The van der Waals surface area contributed by atoms with Gasteiger partial charge in [-0.15, -0.1) is 0 Å². The highest BCUT2D eigenvalue weighted by molar-refractivity contribution is 5.26. The first-order chi connectivity index (χ1) is 6.22. The molecule has 0 aliphatic rings. The minimum atomic E-state index is 0.0766. The molecule has 0 saturated heterocycles. The van der Waals surface area contributed by atoms with Gasteiger partial charge in [0.25, 0.3) is 0 Å². The van der Waals surface area contributed by atoms with Crippen molar-refractivity contribution in [2.45, 2.75) is 26.4 Å². The zero-order chi connectivity index (χ0) is 9.68. The van der Waals surface area contributed by atoms with Crippen LogP contribution in [0, 0.1) is 6.92 Å². The van der Waals surface area contributed by atoms with Crippen molar-refractivity contribution in [3.63, 3.8) is 0 Å². The molecule has 0 heterocycles. The van der Waals surface area contributed by atoms with Crippen LogP contribution in [0.5, 0.6) is 5.75 Å². The second-order valence-electron chi connectivity index (χ2n) is 3.25. The van der Waals surface area contributed by atoms with Gasteiger partial charge in [-0.05, 0) is 26.0 Å². The van der Waals surface area contributed by atoms with E-state index in [1.54, 1.807) is 0 Å². The molecule has 0 aliphatic heterocycles. The van der Waals surface area contributed by atoms with Gasteiger partial charge in [0.1, 0.15) is 5.75 Å². The van der Waals surface area contributed by atoms with Gasteiger partial charge in [-0.3, -0.25) is 0 Å². The van der Waals surface area contributed by atoms with E-state index >= 15 is 0 Å². The number of aryl methyl sites for hydroxylation is 1. The Morgan fingerprint density at radius 2 is 1.92 bits per heavy atom. The van der Waals surface area contributed by atoms with Crippen LogP contribution in [-0.2, 0) is 0 Å². The van der Waals surface area contributed by atoms with E-state index in [0.29, 0.717) is 6.42 Å². The van der Waals surface area contributed by atoms with Crippen LogP contribution in [0.25, 0.3) is 0 Å². The Labute approximate surface area is 79.2 Å². The van der Waals surface area contributed by atoms with Crippen LogP contribution < -0.4 is 4.74 Å². The molecule has 1 rings (SSSR count). The summed E-state index contributed by atoms with van der Waals surface area (Å²) in [4.78, 5) is 0. The second-order valence-corrected chi connectivity index (χ2v) is 3.25. The van der Waals surface area contributed by atoms with Gasteiger partial charge in [0.2, 0.25) is 0 Å². The minimum absolute atomic E-state index is 0.0766. The van der Waals surface area contributed by atoms with Crippen molar-refractivity contribution in [2.24, 2.45) is 0 Å². The van der Waals surface area contributed by atoms with Crippen LogP contribution in [0.2, 0.25) is 0 Å². The lowest BCUT2D eigenvalue weighted by Crippen LogP contribution is -2.13. The number of aliphatic hydroxyl groups is 1. The average molecular weight is 180 g/mol. The molecule has 2 nitrogen and oxygen atoms in total. The second kappa shape index (κ2) is 4.87. The van der Waals surface area contributed by atoms with Crippen LogP contribution in [-0.4, -0.2) is 17.8 Å². The molecule has 1 atom stereocenters. The highest BCUT2D eigenvalue weighted by Gasteiger charge is 2.01. The maximum Gasteiger partial charge on any atom is 0.119 e. The van der Waals surface area contributed by atoms with E-state index in [9.17, 15) is 0 Å². The molecule has 0 amide bonds. The lowest BCUT2D eigenvalue weighted by molar-refractivity contribution is 0.169. The van der Waals surface area contributed by atoms with Crippen molar-refractivity contribution in [1.29, 1.82) is 0 Å². The lowest BCUT2D eigenvalue weighted by Gasteiger charge is -2.13. The van der Waals surface area contributed by atoms with Gasteiger partial charge in [0, 0.05) is 13.0 Å². The van der Waals surface area contributed by atoms with Crippen LogP contribution >= 0.6 is 0 Å². The summed E-state index contributed by atoms with van der Waals surface area (Å²) in [5, 5.41) is 8.68. The highest BCUT2D eigenvalue weighted by atomic mass is 16.5. The minimum Gasteiger partial charge on any atom is -0.491 e. The number of benzene rings is 1. The summed E-state index contributed by atoms with van der Waals surface area (Å²) in [6.45, 7) is 4.17. The third-order valence-electron chi connectivity index (χ3n) is 1.89. The van der Waals surface area contributed by atoms with Crippen molar-refractivity contribution < 1.29 is 9.84 Å². The predicted octanol–water partition coefficient (Wildman–Crippen LogP) is 2.14. The van der Waals surface area contributed by atoms with Crippen molar-refractivity contribution in [3.05, 3.63) is 29.8 Å². The fraction of sp³-hybridized carbons (Fsp3) is 0.455. The maximum absolute atomic E-state index is 8.68. The zero-order valence-electron chi connectivity index (χ0n) is 8.16. The standard InChI is InChI=1S/C11H16O2/c1-9-3-5-11(6-4-9)13-10(2)7-8-12/h3-6,10,12H,7-8H2,1-2H3. The van der Waals surface area contributed by atoms with Crippen LogP contribution in [0.3, 0.4) is 0 Å². The fourth-order valence-corrected chi connectivity index (χ4v) is 1.09. The van der Waals surface area contributed by atoms with Gasteiger partial charge in [0.05, 0.1) is 6.10 Å². The topological polar surface area (TPSA) is 29.5 Å². The van der Waals surface area contributed by atoms with Gasteiger partial charge in [0.15, 0.2) is 0 Å². The third-order valence-corrected chi connectivity index (χ3v) is 1.89. The number of rotatable bonds is 4. The van der Waals surface area contributed by atoms with E-state index < -0.39 is 0 Å². The van der Waals surface area contributed by atoms with Crippen molar-refractivity contribution in [3.8, 4) is 5.75 Å². The van der Waals surface area contributed by atoms with Crippen LogP contribution in [0.15, 0.2) is 24.3 Å². The summed E-state index contributed by atoms with van der Waals surface area (Å²) in [5.41, 5.74) is 1.22. The predicted molar refractivity (Wildman–Crippen MR) is 53.0 cm³/mol. The summed E-state index contributed by atoms with van der Waals surface area (Å²) in [7, 11) is 0. The Morgan fingerprint density at radius 3 is 2.46 bits per heavy atom. The summed E-state index contributed by atoms with van der Waals surface area (Å²) >= 11 is 0. The molecule has 0 spiro atoms. The summed E-state index contributed by atoms with van der Waals surface area (Å²) in [5.74, 6) is 0.867. The maximum atomic E-state index is 8.68. The molecule has 1 aromatic carbocycles. The molecule has 2 heteroatoms. The monoisotopic (exact) mass is 180 g/mol. The molecule has 1 unspecified atom stereocenters. The number of hydrogen-bond donors (Lipinski definition) is 1. The van der Waals surface area contributed by atoms with Crippen molar-refractivity contribution >= 4 is 0 Å². The molecule has 0 radical (unpaired) electrons. The molecule has 13 heavy (non-hydrogen) atoms. The van der Waals surface area contributed by atoms with Crippen molar-refractivity contribution in [2.75, 3.05) is 6.61 Å². The van der Waals surface area contributed by atoms with Gasteiger partial charge >= 0.3 is 0 Å². The van der Waals surface area contributed by atoms with Crippen LogP contribution in [0.1, 0.15) is 18.9 Å². The Morgan fingerprint density at radius 1 is 1.31 bits per heavy atom. The van der Waals surface area contributed by atoms with Gasteiger partial charge < -0.3 is 9.84 Å². The number of aliphatic hydroxyl groups excluding tert-OH is 1. The average Bonchev–Trinajstić information content (AvgIpc) is 2.09. The fourth-order valence-electron chi connectivity index (χ4n) is 1.09. The third kappa shape index (κ3) is 3.47. The largest absolute Gasteiger partial charge is 0.491 e. The smallest absolute Gasteiger partial charge is 0.119 e. The number of hydrogen-bond acceptors (Lipinski definition) is 2. The highest BCUT2D eigenvalue weighted by Crippen LogP contribution is 2.13. The van der Waals surface area contributed by atoms with E-state index in [-0.39, 0.29) is 12.7 Å². The van der Waals surface area contributed by atoms with E-state index in [1.807, 2.05) is 38.1 Å². The molecular formula is C11H16O2. The SMILES string of the molecule is Cc1ccc(OC(C)CCO)cc1. The van der Waals surface area contributed by atoms with Crippen molar-refractivity contribution in [1.82, 2.24) is 0 Å². The Kier molecular flexibility index (Phi) is 3.77. The Balaban J connectivity index is 2.49. The molecule has 0 saturated carbocycles. The number of ether oxygens (including phenoxy) is 1. The quantitative estimate of drug-likeness (QED) is 0.769. The summed E-state index contributed by atoms with van der Waals surface area (Å²) in [6.07, 6.45) is 0.751. The Bertz CT molecular complexity index is 241. The zero-order valence-corrected chi connectivity index (χ0v) is 8.16. The molecule has 0 aromatic heterocycles. The first-order valence-corrected chi connectivity index (χ1v) is 4.56.